The molecule has 26 heavy (non-hydrogen) atoms. The molecule has 2 heterocycles. The molecule has 0 spiro atoms. The van der Waals surface area contributed by atoms with Crippen molar-refractivity contribution in [3.05, 3.63) is 58.0 Å². The molecule has 4 rings (SSSR count). The third-order valence-corrected chi connectivity index (χ3v) is 5.45. The predicted molar refractivity (Wildman–Crippen MR) is 100 cm³/mol. The van der Waals surface area contributed by atoms with Crippen LogP contribution in [0, 0.1) is 0 Å². The molecule has 0 unspecified atom stereocenters. The van der Waals surface area contributed by atoms with E-state index in [4.69, 9.17) is 4.74 Å². The van der Waals surface area contributed by atoms with Gasteiger partial charge in [0.15, 0.2) is 0 Å². The second-order valence-electron chi connectivity index (χ2n) is 6.41. The zero-order valence-electron chi connectivity index (χ0n) is 14.4. The van der Waals surface area contributed by atoms with Gasteiger partial charge in [-0.1, -0.05) is 12.1 Å². The highest BCUT2D eigenvalue weighted by Gasteiger charge is 2.32. The molecule has 0 bridgehead atoms. The van der Waals surface area contributed by atoms with Gasteiger partial charge in [0.2, 0.25) is 5.91 Å². The maximum atomic E-state index is 12.9. The highest BCUT2D eigenvalue weighted by Crippen LogP contribution is 2.29. The number of benzene rings is 1. The maximum Gasteiger partial charge on any atom is 0.271 e. The average Bonchev–Trinajstić information content (AvgIpc) is 3.38. The average molecular weight is 369 g/mol. The molecule has 134 valence electrons. The van der Waals surface area contributed by atoms with E-state index in [0.29, 0.717) is 16.8 Å². The summed E-state index contributed by atoms with van der Waals surface area (Å²) in [5, 5.41) is 1.84. The summed E-state index contributed by atoms with van der Waals surface area (Å²) in [4.78, 5) is 31.5. The maximum absolute atomic E-state index is 12.9. The number of methoxy groups -OCH3 is 1. The first kappa shape index (κ1) is 16.8. The van der Waals surface area contributed by atoms with Crippen LogP contribution in [0.2, 0.25) is 0 Å². The van der Waals surface area contributed by atoms with Crippen LogP contribution in [0.1, 0.15) is 18.4 Å². The topological polar surface area (TPSA) is 64.4 Å². The highest BCUT2D eigenvalue weighted by molar-refractivity contribution is 7.17. The normalized spacial score (nSPS) is 13.7. The minimum absolute atomic E-state index is 0.0202. The van der Waals surface area contributed by atoms with Gasteiger partial charge in [0.1, 0.15) is 17.0 Å². The van der Waals surface area contributed by atoms with E-state index in [1.807, 2.05) is 40.6 Å². The van der Waals surface area contributed by atoms with Crippen molar-refractivity contribution < 1.29 is 9.53 Å². The molecular weight excluding hydrogens is 350 g/mol. The summed E-state index contributed by atoms with van der Waals surface area (Å²) in [5.74, 6) is 0.739. The van der Waals surface area contributed by atoms with Gasteiger partial charge in [-0.25, -0.2) is 4.98 Å². The van der Waals surface area contributed by atoms with E-state index in [1.54, 1.807) is 7.11 Å². The summed E-state index contributed by atoms with van der Waals surface area (Å²) in [6, 6.07) is 9.79. The van der Waals surface area contributed by atoms with Gasteiger partial charge in [-0.3, -0.25) is 14.2 Å². The number of rotatable bonds is 6. The molecule has 7 heteroatoms. The fourth-order valence-electron chi connectivity index (χ4n) is 2.96. The van der Waals surface area contributed by atoms with Crippen molar-refractivity contribution in [3.63, 3.8) is 0 Å². The Morgan fingerprint density at radius 3 is 2.77 bits per heavy atom. The van der Waals surface area contributed by atoms with E-state index in [-0.39, 0.29) is 24.1 Å². The molecule has 1 aromatic carbocycles. The third-order valence-electron chi connectivity index (χ3n) is 4.56. The fraction of sp³-hybridized carbons (Fsp3) is 0.316. The van der Waals surface area contributed by atoms with E-state index in [9.17, 15) is 9.59 Å². The molecule has 0 radical (unpaired) electrons. The number of carbonyl (C=O) groups is 1. The van der Waals surface area contributed by atoms with Crippen molar-refractivity contribution in [2.75, 3.05) is 7.11 Å². The van der Waals surface area contributed by atoms with Crippen LogP contribution in [-0.2, 0) is 17.9 Å². The first-order valence-corrected chi connectivity index (χ1v) is 9.38. The smallest absolute Gasteiger partial charge is 0.271 e. The monoisotopic (exact) mass is 369 g/mol. The molecule has 0 atom stereocenters. The summed E-state index contributed by atoms with van der Waals surface area (Å²) >= 11 is 1.36. The molecule has 6 nitrogen and oxygen atoms in total. The third kappa shape index (κ3) is 3.35. The van der Waals surface area contributed by atoms with Gasteiger partial charge in [0.25, 0.3) is 5.56 Å². The molecular formula is C19H19N3O3S. The van der Waals surface area contributed by atoms with Crippen LogP contribution in [0.25, 0.3) is 10.2 Å². The van der Waals surface area contributed by atoms with Crippen molar-refractivity contribution in [1.29, 1.82) is 0 Å². The van der Waals surface area contributed by atoms with E-state index < -0.39 is 0 Å². The largest absolute Gasteiger partial charge is 0.497 e. The lowest BCUT2D eigenvalue weighted by Crippen LogP contribution is -2.37. The van der Waals surface area contributed by atoms with Gasteiger partial charge in [-0.05, 0) is 42.0 Å². The first-order chi connectivity index (χ1) is 12.7. The van der Waals surface area contributed by atoms with Crippen LogP contribution in [0.5, 0.6) is 5.75 Å². The number of hydrogen-bond donors (Lipinski definition) is 0. The zero-order valence-corrected chi connectivity index (χ0v) is 15.2. The van der Waals surface area contributed by atoms with Crippen LogP contribution >= 0.6 is 11.3 Å². The van der Waals surface area contributed by atoms with Gasteiger partial charge < -0.3 is 9.64 Å². The first-order valence-electron chi connectivity index (χ1n) is 8.51. The van der Waals surface area contributed by atoms with Gasteiger partial charge in [0, 0.05) is 12.6 Å². The van der Waals surface area contributed by atoms with Crippen LogP contribution in [0.4, 0.5) is 0 Å². The van der Waals surface area contributed by atoms with Crippen molar-refractivity contribution >= 4 is 27.5 Å². The van der Waals surface area contributed by atoms with Crippen LogP contribution in [-0.4, -0.2) is 33.5 Å². The molecule has 1 saturated carbocycles. The van der Waals surface area contributed by atoms with Gasteiger partial charge in [-0.2, -0.15) is 0 Å². The highest BCUT2D eigenvalue weighted by atomic mass is 32.1. The number of carbonyl (C=O) groups excluding carboxylic acids is 1. The summed E-state index contributed by atoms with van der Waals surface area (Å²) in [6.45, 7) is 0.559. The molecule has 1 fully saturated rings. The molecule has 0 aliphatic heterocycles. The summed E-state index contributed by atoms with van der Waals surface area (Å²) < 4.78 is 7.18. The predicted octanol–water partition coefficient (Wildman–Crippen LogP) is 2.66. The molecule has 2 aromatic heterocycles. The number of nitrogens with zero attached hydrogens (tertiary/aromatic N) is 3. The van der Waals surface area contributed by atoms with E-state index in [2.05, 4.69) is 4.98 Å². The number of thiophene rings is 1. The van der Waals surface area contributed by atoms with Crippen LogP contribution in [0.15, 0.2) is 46.8 Å². The number of aromatic nitrogens is 2. The Kier molecular flexibility index (Phi) is 4.46. The van der Waals surface area contributed by atoms with Crippen molar-refractivity contribution in [2.45, 2.75) is 32.0 Å². The zero-order chi connectivity index (χ0) is 18.1. The molecule has 1 amide bonds. The van der Waals surface area contributed by atoms with Crippen LogP contribution in [0.3, 0.4) is 0 Å². The van der Waals surface area contributed by atoms with Crippen molar-refractivity contribution in [2.24, 2.45) is 0 Å². The number of amides is 1. The van der Waals surface area contributed by atoms with Crippen molar-refractivity contribution in [3.8, 4) is 5.75 Å². The number of fused-ring (bicyclic) bond motifs is 1. The summed E-state index contributed by atoms with van der Waals surface area (Å²) in [7, 11) is 1.63. The minimum atomic E-state index is -0.154. The molecule has 0 N–H and O–H groups in total. The Morgan fingerprint density at radius 1 is 1.31 bits per heavy atom. The quantitative estimate of drug-likeness (QED) is 0.670. The molecule has 0 saturated heterocycles. The standard InChI is InChI=1S/C19H19N3O3S/c1-25-15-6-2-13(3-7-15)10-22(14-4-5-14)17(23)11-21-12-20-16-8-9-26-18(16)19(21)24/h2-3,6-9,12,14H,4-5,10-11H2,1H3. The Hall–Kier alpha value is -2.67. The van der Waals surface area contributed by atoms with E-state index >= 15 is 0 Å². The lowest BCUT2D eigenvalue weighted by atomic mass is 10.2. The Labute approximate surface area is 154 Å². The lowest BCUT2D eigenvalue weighted by Gasteiger charge is -2.23. The van der Waals surface area contributed by atoms with Gasteiger partial charge in [0.05, 0.1) is 19.0 Å². The van der Waals surface area contributed by atoms with E-state index in [0.717, 1.165) is 24.2 Å². The minimum Gasteiger partial charge on any atom is -0.497 e. The summed E-state index contributed by atoms with van der Waals surface area (Å²) in [5.41, 5.74) is 1.57. The summed E-state index contributed by atoms with van der Waals surface area (Å²) in [6.07, 6.45) is 3.49. The molecule has 1 aliphatic carbocycles. The second-order valence-corrected chi connectivity index (χ2v) is 7.33. The van der Waals surface area contributed by atoms with Gasteiger partial charge >= 0.3 is 0 Å². The number of ether oxygens (including phenoxy) is 1. The molecule has 1 aliphatic rings. The Balaban J connectivity index is 1.53. The Bertz CT molecular complexity index is 989. The second kappa shape index (κ2) is 6.92. The Morgan fingerprint density at radius 2 is 2.08 bits per heavy atom. The van der Waals surface area contributed by atoms with E-state index in [1.165, 1.54) is 22.2 Å². The SMILES string of the molecule is COc1ccc(CN(C(=O)Cn2cnc3ccsc3c2=O)C2CC2)cc1. The van der Waals surface area contributed by atoms with Gasteiger partial charge in [-0.15, -0.1) is 11.3 Å². The van der Waals surface area contributed by atoms with Crippen LogP contribution < -0.4 is 10.3 Å². The molecule has 3 aromatic rings. The fourth-order valence-corrected chi connectivity index (χ4v) is 3.76. The lowest BCUT2D eigenvalue weighted by molar-refractivity contribution is -0.133. The van der Waals surface area contributed by atoms with Crippen molar-refractivity contribution in [1.82, 2.24) is 14.5 Å². The number of hydrogen-bond acceptors (Lipinski definition) is 5.